The second kappa shape index (κ2) is 2.42. The average Bonchev–Trinajstić information content (AvgIpc) is 2.30. The van der Waals surface area contributed by atoms with Gasteiger partial charge in [-0.3, -0.25) is 0 Å². The molecule has 1 aromatic carbocycles. The summed E-state index contributed by atoms with van der Waals surface area (Å²) < 4.78 is 0. The highest BCUT2D eigenvalue weighted by Gasteiger charge is 2.12. The van der Waals surface area contributed by atoms with Crippen LogP contribution in [0.1, 0.15) is 11.1 Å². The maximum atomic E-state index is 5.84. The van der Waals surface area contributed by atoms with Gasteiger partial charge in [0.05, 0.1) is 10.1 Å². The molecule has 0 saturated heterocycles. The molecule has 0 heterocycles. The highest BCUT2D eigenvalue weighted by molar-refractivity contribution is 6.56. The molecule has 0 nitrogen and oxygen atoms in total. The summed E-state index contributed by atoms with van der Waals surface area (Å²) >= 11 is 11.7. The second-order valence-corrected chi connectivity index (χ2v) is 3.05. The van der Waals surface area contributed by atoms with E-state index in [2.05, 4.69) is 5.73 Å². The van der Waals surface area contributed by atoms with Crippen molar-refractivity contribution in [1.82, 2.24) is 0 Å². The van der Waals surface area contributed by atoms with Gasteiger partial charge in [-0.2, -0.15) is 0 Å². The lowest BCUT2D eigenvalue weighted by atomic mass is 10.1. The molecule has 0 N–H and O–H groups in total. The van der Waals surface area contributed by atoms with Crippen molar-refractivity contribution in [3.8, 4) is 0 Å². The van der Waals surface area contributed by atoms with E-state index in [1.165, 1.54) is 0 Å². The molecule has 0 unspecified atom stereocenters. The molecule has 2 heteroatoms. The van der Waals surface area contributed by atoms with Crippen molar-refractivity contribution < 1.29 is 0 Å². The summed E-state index contributed by atoms with van der Waals surface area (Å²) in [6.07, 6.45) is 0. The molecule has 1 aliphatic rings. The van der Waals surface area contributed by atoms with Gasteiger partial charge in [0.15, 0.2) is 0 Å². The van der Waals surface area contributed by atoms with E-state index < -0.39 is 0 Å². The normalized spacial score (nSPS) is 14.0. The molecule has 0 aromatic heterocycles. The zero-order chi connectivity index (χ0) is 7.84. The largest absolute Gasteiger partial charge is 0.0918 e. The predicted octanol–water partition coefficient (Wildman–Crippen LogP) is 3.46. The Kier molecular flexibility index (Phi) is 1.54. The second-order valence-electron chi connectivity index (χ2n) is 2.30. The van der Waals surface area contributed by atoms with Gasteiger partial charge in [0.2, 0.25) is 0 Å². The van der Waals surface area contributed by atoms with E-state index in [1.807, 2.05) is 24.3 Å². The molecular formula is C9H4Cl2. The number of hydrogen-bond donors (Lipinski definition) is 0. The van der Waals surface area contributed by atoms with Crippen LogP contribution >= 0.6 is 23.2 Å². The first-order valence-corrected chi connectivity index (χ1v) is 3.96. The summed E-state index contributed by atoms with van der Waals surface area (Å²) in [6.45, 7) is 0. The van der Waals surface area contributed by atoms with Crippen LogP contribution in [-0.2, 0) is 0 Å². The zero-order valence-electron chi connectivity index (χ0n) is 5.57. The minimum atomic E-state index is 0.602. The fraction of sp³-hybridized carbons (Fsp3) is 0. The summed E-state index contributed by atoms with van der Waals surface area (Å²) in [4.78, 5) is 0. The SMILES string of the molecule is ClC1=C=C(Cl)c2ccccc21. The number of halogens is 2. The number of rotatable bonds is 0. The van der Waals surface area contributed by atoms with E-state index in [9.17, 15) is 0 Å². The van der Waals surface area contributed by atoms with Gasteiger partial charge in [0.1, 0.15) is 0 Å². The van der Waals surface area contributed by atoms with Gasteiger partial charge in [0, 0.05) is 11.1 Å². The van der Waals surface area contributed by atoms with Crippen molar-refractivity contribution >= 4 is 33.3 Å². The summed E-state index contributed by atoms with van der Waals surface area (Å²) in [5.74, 6) is 0. The lowest BCUT2D eigenvalue weighted by molar-refractivity contribution is 1.62. The fourth-order valence-electron chi connectivity index (χ4n) is 1.10. The summed E-state index contributed by atoms with van der Waals surface area (Å²) in [7, 11) is 0. The van der Waals surface area contributed by atoms with Crippen LogP contribution in [0.2, 0.25) is 0 Å². The molecule has 11 heavy (non-hydrogen) atoms. The van der Waals surface area contributed by atoms with Crippen LogP contribution in [0.25, 0.3) is 10.1 Å². The first kappa shape index (κ1) is 7.00. The Morgan fingerprint density at radius 1 is 0.909 bits per heavy atom. The molecule has 0 aliphatic heterocycles. The average molecular weight is 183 g/mol. The Bertz CT molecular complexity index is 338. The Hall–Kier alpha value is -0.680. The van der Waals surface area contributed by atoms with Crippen molar-refractivity contribution in [2.75, 3.05) is 0 Å². The quantitative estimate of drug-likeness (QED) is 0.540. The third-order valence-corrected chi connectivity index (χ3v) is 2.22. The van der Waals surface area contributed by atoms with E-state index >= 15 is 0 Å². The van der Waals surface area contributed by atoms with E-state index in [4.69, 9.17) is 23.2 Å². The molecular weight excluding hydrogens is 179 g/mol. The zero-order valence-corrected chi connectivity index (χ0v) is 7.08. The molecule has 0 fully saturated rings. The van der Waals surface area contributed by atoms with Crippen molar-refractivity contribution in [2.24, 2.45) is 0 Å². The van der Waals surface area contributed by atoms with Crippen molar-refractivity contribution in [1.29, 1.82) is 0 Å². The summed E-state index contributed by atoms with van der Waals surface area (Å²) in [5.41, 5.74) is 4.79. The van der Waals surface area contributed by atoms with E-state index in [1.54, 1.807) is 0 Å². The first-order chi connectivity index (χ1) is 5.29. The lowest BCUT2D eigenvalue weighted by Crippen LogP contribution is -1.78. The van der Waals surface area contributed by atoms with Crippen LogP contribution in [0.3, 0.4) is 0 Å². The Balaban J connectivity index is 2.73. The highest BCUT2D eigenvalue weighted by atomic mass is 35.5. The van der Waals surface area contributed by atoms with Crippen LogP contribution in [-0.4, -0.2) is 0 Å². The van der Waals surface area contributed by atoms with Gasteiger partial charge in [-0.25, -0.2) is 0 Å². The molecule has 0 atom stereocenters. The van der Waals surface area contributed by atoms with Crippen molar-refractivity contribution in [3.05, 3.63) is 41.1 Å². The molecule has 1 aliphatic carbocycles. The van der Waals surface area contributed by atoms with E-state index in [0.717, 1.165) is 11.1 Å². The fourth-order valence-corrected chi connectivity index (χ4v) is 1.66. The standard InChI is InChI=1S/C9H4Cl2/c10-8-5-9(11)7-4-2-1-3-6(7)8/h1-4H. The minimum Gasteiger partial charge on any atom is -0.0789 e. The van der Waals surface area contributed by atoms with Gasteiger partial charge < -0.3 is 0 Å². The molecule has 0 bridgehead atoms. The van der Waals surface area contributed by atoms with Crippen LogP contribution in [0, 0.1) is 0 Å². The maximum Gasteiger partial charge on any atom is 0.0918 e. The Labute approximate surface area is 74.7 Å². The van der Waals surface area contributed by atoms with Gasteiger partial charge in [-0.15, -0.1) is 0 Å². The highest BCUT2D eigenvalue weighted by Crippen LogP contribution is 2.34. The van der Waals surface area contributed by atoms with Crippen molar-refractivity contribution in [2.45, 2.75) is 0 Å². The number of hydrogen-bond acceptors (Lipinski definition) is 0. The van der Waals surface area contributed by atoms with Crippen molar-refractivity contribution in [3.63, 3.8) is 0 Å². The third kappa shape index (κ3) is 1.00. The van der Waals surface area contributed by atoms with Crippen LogP contribution in [0.5, 0.6) is 0 Å². The summed E-state index contributed by atoms with van der Waals surface area (Å²) in [6, 6.07) is 7.72. The van der Waals surface area contributed by atoms with E-state index in [0.29, 0.717) is 10.1 Å². The molecule has 0 spiro atoms. The number of fused-ring (bicyclic) bond motifs is 1. The van der Waals surface area contributed by atoms with Crippen LogP contribution < -0.4 is 0 Å². The first-order valence-electron chi connectivity index (χ1n) is 3.21. The smallest absolute Gasteiger partial charge is 0.0789 e. The van der Waals surface area contributed by atoms with Crippen LogP contribution in [0.4, 0.5) is 0 Å². The minimum absolute atomic E-state index is 0.602. The monoisotopic (exact) mass is 182 g/mol. The summed E-state index contributed by atoms with van der Waals surface area (Å²) in [5, 5.41) is 1.20. The number of benzene rings is 1. The maximum absolute atomic E-state index is 5.84. The topological polar surface area (TPSA) is 0 Å². The Morgan fingerprint density at radius 3 is 1.82 bits per heavy atom. The van der Waals surface area contributed by atoms with Gasteiger partial charge >= 0.3 is 0 Å². The van der Waals surface area contributed by atoms with E-state index in [-0.39, 0.29) is 0 Å². The van der Waals surface area contributed by atoms with Gasteiger partial charge in [0.25, 0.3) is 0 Å². The Morgan fingerprint density at radius 2 is 1.36 bits per heavy atom. The molecule has 0 radical (unpaired) electrons. The molecule has 0 saturated carbocycles. The molecule has 2 rings (SSSR count). The lowest BCUT2D eigenvalue weighted by Gasteiger charge is -1.97. The molecule has 1 aromatic rings. The predicted molar refractivity (Wildman–Crippen MR) is 48.5 cm³/mol. The molecule has 0 amide bonds. The van der Waals surface area contributed by atoms with Gasteiger partial charge in [-0.05, 0) is 0 Å². The third-order valence-electron chi connectivity index (χ3n) is 1.62. The van der Waals surface area contributed by atoms with Crippen LogP contribution in [0.15, 0.2) is 30.0 Å². The van der Waals surface area contributed by atoms with Gasteiger partial charge in [-0.1, -0.05) is 53.2 Å². The molecule has 54 valence electrons.